The molecule has 5 atom stereocenters. The minimum Gasteiger partial charge on any atom is -0.324 e. The van der Waals surface area contributed by atoms with Crippen molar-refractivity contribution in [1.82, 2.24) is 4.90 Å². The van der Waals surface area contributed by atoms with E-state index in [9.17, 15) is 14.4 Å². The molecule has 2 fully saturated rings. The van der Waals surface area contributed by atoms with Crippen LogP contribution in [-0.4, -0.2) is 28.7 Å². The van der Waals surface area contributed by atoms with Crippen LogP contribution in [0.5, 0.6) is 0 Å². The molecule has 5 nitrogen and oxygen atoms in total. The first-order valence-electron chi connectivity index (χ1n) is 8.59. The number of fused-ring (bicyclic) bond motifs is 1. The van der Waals surface area contributed by atoms with Crippen molar-refractivity contribution in [2.75, 3.05) is 5.32 Å². The largest absolute Gasteiger partial charge is 0.324 e. The van der Waals surface area contributed by atoms with Crippen molar-refractivity contribution >= 4 is 39.3 Å². The van der Waals surface area contributed by atoms with E-state index in [2.05, 4.69) is 33.4 Å². The van der Waals surface area contributed by atoms with E-state index in [4.69, 9.17) is 0 Å². The lowest BCUT2D eigenvalue weighted by Crippen LogP contribution is -2.46. The van der Waals surface area contributed by atoms with E-state index in [-0.39, 0.29) is 41.4 Å². The van der Waals surface area contributed by atoms with E-state index >= 15 is 0 Å². The number of nitrogens with one attached hydrogen (secondary N) is 1. The van der Waals surface area contributed by atoms with Crippen LogP contribution < -0.4 is 5.32 Å². The molecular weight excluding hydrogens is 384 g/mol. The first kappa shape index (κ1) is 16.5. The number of rotatable bonds is 3. The Morgan fingerprint density at radius 3 is 2.08 bits per heavy atom. The fourth-order valence-electron chi connectivity index (χ4n) is 4.38. The zero-order chi connectivity index (χ0) is 17.7. The number of imide groups is 1. The van der Waals surface area contributed by atoms with Crippen molar-refractivity contribution < 1.29 is 14.4 Å². The SMILES string of the molecule is C[C@H](C(=O)Nc1ccc(Br)cc1)N1C(=O)[C@H]2[C@H](C1=O)[C@H]1C=C[C@H]2CC1. The summed E-state index contributed by atoms with van der Waals surface area (Å²) in [7, 11) is 0. The third-order valence-corrected chi connectivity index (χ3v) is 6.20. The molecule has 1 heterocycles. The summed E-state index contributed by atoms with van der Waals surface area (Å²) in [5, 5.41) is 2.78. The number of benzene rings is 1. The van der Waals surface area contributed by atoms with Gasteiger partial charge in [-0.3, -0.25) is 19.3 Å². The van der Waals surface area contributed by atoms with Gasteiger partial charge in [-0.05, 0) is 55.9 Å². The van der Waals surface area contributed by atoms with Crippen molar-refractivity contribution in [3.8, 4) is 0 Å². The number of carbonyl (C=O) groups excluding carboxylic acids is 3. The van der Waals surface area contributed by atoms with Gasteiger partial charge in [0.15, 0.2) is 0 Å². The Morgan fingerprint density at radius 1 is 1.08 bits per heavy atom. The highest BCUT2D eigenvalue weighted by molar-refractivity contribution is 9.10. The van der Waals surface area contributed by atoms with Gasteiger partial charge in [0, 0.05) is 10.2 Å². The van der Waals surface area contributed by atoms with Crippen LogP contribution in [0, 0.1) is 23.7 Å². The van der Waals surface area contributed by atoms with Crippen LogP contribution in [0.3, 0.4) is 0 Å². The lowest BCUT2D eigenvalue weighted by atomic mass is 9.63. The van der Waals surface area contributed by atoms with Gasteiger partial charge in [-0.25, -0.2) is 0 Å². The molecule has 2 bridgehead atoms. The predicted octanol–water partition coefficient (Wildman–Crippen LogP) is 2.97. The Balaban J connectivity index is 1.53. The second-order valence-electron chi connectivity index (χ2n) is 7.06. The van der Waals surface area contributed by atoms with Crippen LogP contribution in [-0.2, 0) is 14.4 Å². The van der Waals surface area contributed by atoms with Crippen molar-refractivity contribution in [3.63, 3.8) is 0 Å². The normalized spacial score (nSPS) is 31.2. The van der Waals surface area contributed by atoms with Crippen molar-refractivity contribution in [3.05, 3.63) is 40.9 Å². The van der Waals surface area contributed by atoms with Crippen molar-refractivity contribution in [2.45, 2.75) is 25.8 Å². The summed E-state index contributed by atoms with van der Waals surface area (Å²) in [6, 6.07) is 6.38. The molecule has 0 spiro atoms. The molecule has 1 saturated heterocycles. The molecule has 3 aliphatic carbocycles. The molecule has 0 radical (unpaired) electrons. The minimum atomic E-state index is -0.811. The highest BCUT2D eigenvalue weighted by atomic mass is 79.9. The van der Waals surface area contributed by atoms with Gasteiger partial charge in [-0.2, -0.15) is 0 Å². The Labute approximate surface area is 154 Å². The van der Waals surface area contributed by atoms with Gasteiger partial charge >= 0.3 is 0 Å². The predicted molar refractivity (Wildman–Crippen MR) is 96.4 cm³/mol. The van der Waals surface area contributed by atoms with Gasteiger partial charge in [-0.15, -0.1) is 0 Å². The molecule has 25 heavy (non-hydrogen) atoms. The maximum atomic E-state index is 12.9. The lowest BCUT2D eigenvalue weighted by molar-refractivity contribution is -0.146. The number of halogens is 1. The molecule has 130 valence electrons. The first-order valence-corrected chi connectivity index (χ1v) is 9.38. The standard InChI is InChI=1S/C19H19BrN2O3/c1-10(17(23)21-14-8-6-13(20)7-9-14)22-18(24)15-11-2-3-12(5-4-11)16(15)19(22)25/h2-3,6-12,15-16H,4-5H2,1H3,(H,21,23)/t10-,11+,12+,15-,16-/m1/s1. The third-order valence-electron chi connectivity index (χ3n) is 5.67. The van der Waals surface area contributed by atoms with Crippen molar-refractivity contribution in [2.24, 2.45) is 23.7 Å². The Morgan fingerprint density at radius 2 is 1.60 bits per heavy atom. The van der Waals surface area contributed by atoms with Gasteiger partial charge in [-0.1, -0.05) is 28.1 Å². The molecule has 6 heteroatoms. The second kappa shape index (κ2) is 6.09. The van der Waals surface area contributed by atoms with Crippen LogP contribution in [0.15, 0.2) is 40.9 Å². The molecule has 0 aromatic heterocycles. The number of allylic oxidation sites excluding steroid dienone is 2. The van der Waals surface area contributed by atoms with Gasteiger partial charge in [0.05, 0.1) is 11.8 Å². The van der Waals surface area contributed by atoms with Crippen LogP contribution in [0.25, 0.3) is 0 Å². The highest BCUT2D eigenvalue weighted by Crippen LogP contribution is 2.49. The maximum absolute atomic E-state index is 12.9. The number of anilines is 1. The Hall–Kier alpha value is -1.95. The number of hydrogen-bond donors (Lipinski definition) is 1. The van der Waals surface area contributed by atoms with Crippen molar-refractivity contribution in [1.29, 1.82) is 0 Å². The monoisotopic (exact) mass is 402 g/mol. The van der Waals surface area contributed by atoms with Gasteiger partial charge in [0.2, 0.25) is 17.7 Å². The summed E-state index contributed by atoms with van der Waals surface area (Å²) in [6.07, 6.45) is 6.07. The minimum absolute atomic E-state index is 0.137. The number of likely N-dealkylation sites (tertiary alicyclic amines) is 1. The zero-order valence-electron chi connectivity index (χ0n) is 13.8. The van der Waals surface area contributed by atoms with Gasteiger partial charge < -0.3 is 5.32 Å². The third kappa shape index (κ3) is 2.63. The van der Waals surface area contributed by atoms with Crippen LogP contribution in [0.2, 0.25) is 0 Å². The summed E-state index contributed by atoms with van der Waals surface area (Å²) in [5.74, 6) is -1.00. The Bertz CT molecular complexity index is 741. The van der Waals surface area contributed by atoms with Crippen LogP contribution in [0.1, 0.15) is 19.8 Å². The topological polar surface area (TPSA) is 66.5 Å². The summed E-state index contributed by atoms with van der Waals surface area (Å²) in [5.41, 5.74) is 0.637. The molecule has 5 rings (SSSR count). The molecule has 3 amide bonds. The molecule has 0 unspecified atom stereocenters. The summed E-state index contributed by atoms with van der Waals surface area (Å²) >= 11 is 3.35. The van der Waals surface area contributed by atoms with Crippen LogP contribution in [0.4, 0.5) is 5.69 Å². The molecular formula is C19H19BrN2O3. The average Bonchev–Trinajstić information content (AvgIpc) is 2.90. The van der Waals surface area contributed by atoms with Crippen LogP contribution >= 0.6 is 15.9 Å². The molecule has 1 aromatic rings. The Kier molecular flexibility index (Phi) is 4.02. The zero-order valence-corrected chi connectivity index (χ0v) is 15.4. The van der Waals surface area contributed by atoms with E-state index in [0.29, 0.717) is 5.69 Å². The number of carbonyl (C=O) groups is 3. The average molecular weight is 403 g/mol. The molecule has 1 aliphatic heterocycles. The lowest BCUT2D eigenvalue weighted by Gasteiger charge is -2.38. The van der Waals surface area contributed by atoms with Gasteiger partial charge in [0.1, 0.15) is 6.04 Å². The van der Waals surface area contributed by atoms with Gasteiger partial charge in [0.25, 0.3) is 0 Å². The molecule has 4 aliphatic rings. The number of hydrogen-bond acceptors (Lipinski definition) is 3. The number of amides is 3. The van der Waals surface area contributed by atoms with E-state index in [1.807, 2.05) is 12.1 Å². The maximum Gasteiger partial charge on any atom is 0.247 e. The van der Waals surface area contributed by atoms with E-state index in [1.54, 1.807) is 19.1 Å². The summed E-state index contributed by atoms with van der Waals surface area (Å²) in [6.45, 7) is 1.62. The van der Waals surface area contributed by atoms with E-state index in [1.165, 1.54) is 4.90 Å². The highest BCUT2D eigenvalue weighted by Gasteiger charge is 2.58. The number of nitrogens with zero attached hydrogens (tertiary/aromatic N) is 1. The fraction of sp³-hybridized carbons (Fsp3) is 0.421. The molecule has 1 saturated carbocycles. The second-order valence-corrected chi connectivity index (χ2v) is 7.98. The quantitative estimate of drug-likeness (QED) is 0.624. The smallest absolute Gasteiger partial charge is 0.247 e. The van der Waals surface area contributed by atoms with E-state index < -0.39 is 6.04 Å². The van der Waals surface area contributed by atoms with E-state index in [0.717, 1.165) is 17.3 Å². The summed E-state index contributed by atoms with van der Waals surface area (Å²) in [4.78, 5) is 39.5. The fourth-order valence-corrected chi connectivity index (χ4v) is 4.64. The summed E-state index contributed by atoms with van der Waals surface area (Å²) < 4.78 is 0.912. The molecule has 1 N–H and O–H groups in total. The molecule has 1 aromatic carbocycles. The first-order chi connectivity index (χ1) is 12.0.